The average molecular weight is 604 g/mol. The van der Waals surface area contributed by atoms with E-state index >= 15 is 0 Å². The molecule has 1 heterocycles. The van der Waals surface area contributed by atoms with E-state index in [1.807, 2.05) is 36.4 Å². The van der Waals surface area contributed by atoms with E-state index in [9.17, 15) is 13.0 Å². The fourth-order valence-corrected chi connectivity index (χ4v) is 6.98. The van der Waals surface area contributed by atoms with Gasteiger partial charge in [0, 0.05) is 56.7 Å². The zero-order valence-corrected chi connectivity index (χ0v) is 26.5. The van der Waals surface area contributed by atoms with Crippen LogP contribution in [0, 0.1) is 41.5 Å². The maximum absolute atomic E-state index is 12.5. The third kappa shape index (κ3) is 5.52. The lowest BCUT2D eigenvalue weighted by molar-refractivity contribution is -0.403. The smallest absolute Gasteiger partial charge is 0.295 e. The monoisotopic (exact) mass is 603 g/mol. The highest BCUT2D eigenvalue weighted by atomic mass is 32.2. The molecule has 3 N–H and O–H groups in total. The van der Waals surface area contributed by atoms with Gasteiger partial charge in [0.1, 0.15) is 16.2 Å². The molecule has 44 heavy (non-hydrogen) atoms. The van der Waals surface area contributed by atoms with Crippen molar-refractivity contribution >= 4 is 38.1 Å². The molecule has 0 saturated heterocycles. The van der Waals surface area contributed by atoms with Crippen LogP contribution in [0.15, 0.2) is 94.2 Å². The second-order valence-corrected chi connectivity index (χ2v) is 13.1. The van der Waals surface area contributed by atoms with Crippen LogP contribution in [0.1, 0.15) is 33.4 Å². The predicted octanol–water partition coefficient (Wildman–Crippen LogP) is 7.36. The second kappa shape index (κ2) is 11.1. The van der Waals surface area contributed by atoms with E-state index in [2.05, 4.69) is 76.1 Å². The molecule has 0 radical (unpaired) electrons. The minimum absolute atomic E-state index is 0.157. The van der Waals surface area contributed by atoms with Crippen LogP contribution in [-0.4, -0.2) is 13.0 Å². The van der Waals surface area contributed by atoms with E-state index in [0.717, 1.165) is 55.6 Å². The molecule has 0 spiro atoms. The van der Waals surface area contributed by atoms with Crippen molar-refractivity contribution in [2.45, 2.75) is 46.4 Å². The van der Waals surface area contributed by atoms with Crippen molar-refractivity contribution in [2.75, 3.05) is 5.32 Å². The van der Waals surface area contributed by atoms with Gasteiger partial charge in [0.15, 0.2) is 0 Å². The van der Waals surface area contributed by atoms with Gasteiger partial charge in [-0.05, 0) is 89.1 Å². The number of hydrogen-bond acceptors (Lipinski definition) is 4. The summed E-state index contributed by atoms with van der Waals surface area (Å²) in [6.07, 6.45) is 0. The number of rotatable bonds is 5. The molecule has 4 aromatic carbocycles. The van der Waals surface area contributed by atoms with Crippen molar-refractivity contribution in [2.24, 2.45) is 0 Å². The molecule has 2 aliphatic rings. The first-order valence-electron chi connectivity index (χ1n) is 14.5. The van der Waals surface area contributed by atoms with E-state index < -0.39 is 10.1 Å². The normalized spacial score (nSPS) is 12.3. The van der Waals surface area contributed by atoms with Crippen LogP contribution in [-0.2, 0) is 10.1 Å². The summed E-state index contributed by atoms with van der Waals surface area (Å²) in [5.74, 6) is 0.574. The Hall–Kier alpha value is -4.72. The Balaban J connectivity index is 1.62. The van der Waals surface area contributed by atoms with Crippen molar-refractivity contribution in [3.05, 3.63) is 124 Å². The minimum atomic E-state index is -4.50. The topological polar surface area (TPSA) is 93.5 Å². The maximum atomic E-state index is 12.5. The largest absolute Gasteiger partial charge is 0.456 e. The molecule has 0 atom stereocenters. The molecule has 6 nitrogen and oxygen atoms in total. The molecule has 0 amide bonds. The van der Waals surface area contributed by atoms with E-state index in [0.29, 0.717) is 22.5 Å². The molecular formula is C37H35N2O4S+. The Kier molecular flexibility index (Phi) is 7.40. The Morgan fingerprint density at radius 3 is 2.00 bits per heavy atom. The quantitative estimate of drug-likeness (QED) is 0.141. The summed E-state index contributed by atoms with van der Waals surface area (Å²) in [5.41, 5.74) is 12.2. The van der Waals surface area contributed by atoms with Crippen LogP contribution >= 0.6 is 0 Å². The van der Waals surface area contributed by atoms with Gasteiger partial charge in [0.05, 0.1) is 6.07 Å². The fourth-order valence-electron chi connectivity index (χ4n) is 6.28. The Morgan fingerprint density at radius 1 is 0.705 bits per heavy atom. The van der Waals surface area contributed by atoms with Crippen LogP contribution in [0.3, 0.4) is 0 Å². The van der Waals surface area contributed by atoms with E-state index in [4.69, 9.17) is 4.42 Å². The molecule has 222 valence electrons. The minimum Gasteiger partial charge on any atom is -0.456 e. The van der Waals surface area contributed by atoms with Gasteiger partial charge in [-0.25, -0.2) is 4.99 Å². The predicted molar refractivity (Wildman–Crippen MR) is 176 cm³/mol. The number of nitrogens with one attached hydrogen (secondary N) is 2. The molecule has 7 heteroatoms. The zero-order valence-electron chi connectivity index (χ0n) is 25.7. The molecule has 0 aromatic heterocycles. The number of anilines is 2. The number of benzene rings is 5. The van der Waals surface area contributed by atoms with Crippen molar-refractivity contribution in [3.8, 4) is 22.5 Å². The third-order valence-electron chi connectivity index (χ3n) is 8.05. The SMILES string of the molecule is Cc1cc(C)c(Nc2ccc3c(-c4ccccc4S(=O)(=O)O)c4ccc(=[NH+]c5c(C)cc(C)cc5C)cc-4oc3c2)c(C)c1. The highest BCUT2D eigenvalue weighted by molar-refractivity contribution is 7.86. The summed E-state index contributed by atoms with van der Waals surface area (Å²) in [7, 11) is -4.50. The molecular weight excluding hydrogens is 568 g/mol. The molecule has 4 aromatic rings. The lowest BCUT2D eigenvalue weighted by atomic mass is 9.93. The van der Waals surface area contributed by atoms with Crippen molar-refractivity contribution < 1.29 is 22.4 Å². The summed E-state index contributed by atoms with van der Waals surface area (Å²) in [4.78, 5) is 3.40. The van der Waals surface area contributed by atoms with Crippen LogP contribution in [0.25, 0.3) is 33.4 Å². The standard InChI is InChI=1S/C37H34N2O4S/c1-21-15-23(3)36(24(4)16-21)38-27-11-13-29-32(19-27)43-33-20-28(39-37-25(5)17-22(2)18-26(37)6)12-14-30(33)35(29)31-9-7-8-10-34(31)44(40,41)42/h7-20,38H,1-6H3,(H,40,41,42)/p+1. The first kappa shape index (κ1) is 29.4. The van der Waals surface area contributed by atoms with Gasteiger partial charge in [-0.1, -0.05) is 41.5 Å². The van der Waals surface area contributed by atoms with Gasteiger partial charge < -0.3 is 9.73 Å². The van der Waals surface area contributed by atoms with Crippen LogP contribution in [0.5, 0.6) is 0 Å². The molecule has 6 rings (SSSR count). The third-order valence-corrected chi connectivity index (χ3v) is 8.96. The van der Waals surface area contributed by atoms with Gasteiger partial charge in [-0.2, -0.15) is 8.42 Å². The lowest BCUT2D eigenvalue weighted by Gasteiger charge is -2.18. The Morgan fingerprint density at radius 2 is 1.34 bits per heavy atom. The Labute approximate surface area is 257 Å². The van der Waals surface area contributed by atoms with Gasteiger partial charge in [-0.3, -0.25) is 4.55 Å². The van der Waals surface area contributed by atoms with Gasteiger partial charge in [0.25, 0.3) is 10.1 Å². The summed E-state index contributed by atoms with van der Waals surface area (Å²) >= 11 is 0. The fraction of sp³-hybridized carbons (Fsp3) is 0.162. The summed E-state index contributed by atoms with van der Waals surface area (Å²) in [6, 6.07) is 26.7. The van der Waals surface area contributed by atoms with Crippen LogP contribution in [0.2, 0.25) is 0 Å². The van der Waals surface area contributed by atoms with E-state index in [1.54, 1.807) is 18.2 Å². The highest BCUT2D eigenvalue weighted by Crippen LogP contribution is 2.43. The summed E-state index contributed by atoms with van der Waals surface area (Å²) < 4.78 is 41.7. The zero-order chi connectivity index (χ0) is 31.3. The molecule has 0 bridgehead atoms. The molecule has 0 saturated carbocycles. The first-order chi connectivity index (χ1) is 20.9. The number of fused-ring (bicyclic) bond motifs is 2. The van der Waals surface area contributed by atoms with E-state index in [1.165, 1.54) is 17.2 Å². The van der Waals surface area contributed by atoms with Crippen molar-refractivity contribution in [1.82, 2.24) is 0 Å². The van der Waals surface area contributed by atoms with Gasteiger partial charge in [-0.15, -0.1) is 0 Å². The highest BCUT2D eigenvalue weighted by Gasteiger charge is 2.24. The van der Waals surface area contributed by atoms with Crippen LogP contribution < -0.4 is 15.7 Å². The molecule has 0 fully saturated rings. The molecule has 0 unspecified atom stereocenters. The summed E-state index contributed by atoms with van der Waals surface area (Å²) in [5, 5.41) is 5.12. The average Bonchev–Trinajstić information content (AvgIpc) is 2.95. The second-order valence-electron chi connectivity index (χ2n) is 11.7. The summed E-state index contributed by atoms with van der Waals surface area (Å²) in [6.45, 7) is 12.5. The van der Waals surface area contributed by atoms with E-state index in [-0.39, 0.29) is 4.90 Å². The van der Waals surface area contributed by atoms with Crippen LogP contribution in [0.4, 0.5) is 17.1 Å². The number of hydrogen-bond donors (Lipinski definition) is 3. The number of aryl methyl sites for hydroxylation is 6. The molecule has 1 aliphatic heterocycles. The van der Waals surface area contributed by atoms with Gasteiger partial charge in [0.2, 0.25) is 11.0 Å². The van der Waals surface area contributed by atoms with Crippen molar-refractivity contribution in [3.63, 3.8) is 0 Å². The molecule has 1 aliphatic carbocycles. The lowest BCUT2D eigenvalue weighted by Crippen LogP contribution is -2.71. The first-order valence-corrected chi connectivity index (χ1v) is 15.9. The van der Waals surface area contributed by atoms with Gasteiger partial charge >= 0.3 is 0 Å². The van der Waals surface area contributed by atoms with Crippen molar-refractivity contribution in [1.29, 1.82) is 0 Å². The Bertz CT molecular complexity index is 2200. The maximum Gasteiger partial charge on any atom is 0.295 e.